The Balaban J connectivity index is 2.25. The van der Waals surface area contributed by atoms with Gasteiger partial charge in [0.25, 0.3) is 0 Å². The maximum atomic E-state index is 11.0. The summed E-state index contributed by atoms with van der Waals surface area (Å²) in [5, 5.41) is 0.967. The Hall–Kier alpha value is -1.52. The Bertz CT molecular complexity index is 512. The maximum Gasteiger partial charge on any atom is 0.313 e. The van der Waals surface area contributed by atoms with Crippen LogP contribution in [-0.4, -0.2) is 25.0 Å². The van der Waals surface area contributed by atoms with Crippen molar-refractivity contribution in [3.05, 3.63) is 40.4 Å². The molecule has 0 fully saturated rings. The predicted octanol–water partition coefficient (Wildman–Crippen LogP) is 3.45. The number of carbonyl (C=O) groups excluding carboxylic acids is 2. The molecule has 0 amide bonds. The number of Topliss-reactive ketones (excluding diaryl/α,β-unsaturated/α-hetero) is 1. The highest BCUT2D eigenvalue weighted by Crippen LogP contribution is 2.27. The van der Waals surface area contributed by atoms with Crippen LogP contribution in [-0.2, 0) is 14.3 Å². The van der Waals surface area contributed by atoms with Gasteiger partial charge in [-0.05, 0) is 37.3 Å². The van der Waals surface area contributed by atoms with Crippen LogP contribution in [0.5, 0.6) is 5.75 Å². The van der Waals surface area contributed by atoms with Crippen LogP contribution in [0, 0.1) is 0 Å². The summed E-state index contributed by atoms with van der Waals surface area (Å²) in [7, 11) is 0. The van der Waals surface area contributed by atoms with Crippen LogP contribution in [0.25, 0.3) is 0 Å². The standard InChI is InChI=1S/C14H14Cl2O4/c1-10(17)8-14(18)20-7-3-2-6-19-13-5-4-11(15)9-12(13)16/h2-5,9H,6-8H2,1H3/b3-2+. The predicted molar refractivity (Wildman–Crippen MR) is 77.4 cm³/mol. The van der Waals surface area contributed by atoms with Crippen LogP contribution in [0.3, 0.4) is 0 Å². The monoisotopic (exact) mass is 316 g/mol. The lowest BCUT2D eigenvalue weighted by atomic mass is 10.3. The topological polar surface area (TPSA) is 52.6 Å². The summed E-state index contributed by atoms with van der Waals surface area (Å²) in [5.41, 5.74) is 0. The summed E-state index contributed by atoms with van der Waals surface area (Å²) in [4.78, 5) is 21.7. The van der Waals surface area contributed by atoms with E-state index in [-0.39, 0.29) is 25.4 Å². The molecule has 0 aliphatic carbocycles. The van der Waals surface area contributed by atoms with Gasteiger partial charge in [0.15, 0.2) is 0 Å². The molecule has 1 aromatic rings. The number of ether oxygens (including phenoxy) is 2. The van der Waals surface area contributed by atoms with E-state index in [1.807, 2.05) is 0 Å². The van der Waals surface area contributed by atoms with E-state index in [1.165, 1.54) is 6.92 Å². The van der Waals surface area contributed by atoms with Gasteiger partial charge in [-0.25, -0.2) is 0 Å². The molecule has 0 N–H and O–H groups in total. The Labute approximate surface area is 127 Å². The first-order chi connectivity index (χ1) is 9.49. The molecule has 4 nitrogen and oxygen atoms in total. The van der Waals surface area contributed by atoms with Gasteiger partial charge in [0.05, 0.1) is 5.02 Å². The van der Waals surface area contributed by atoms with Gasteiger partial charge in [-0.3, -0.25) is 9.59 Å². The van der Waals surface area contributed by atoms with Gasteiger partial charge in [0, 0.05) is 5.02 Å². The lowest BCUT2D eigenvalue weighted by molar-refractivity contribution is -0.144. The summed E-state index contributed by atoms with van der Waals surface area (Å²) in [6.45, 7) is 1.72. The van der Waals surface area contributed by atoms with E-state index in [4.69, 9.17) is 32.7 Å². The Morgan fingerprint density at radius 2 is 1.90 bits per heavy atom. The summed E-state index contributed by atoms with van der Waals surface area (Å²) in [5.74, 6) is -0.238. The normalized spacial score (nSPS) is 10.6. The summed E-state index contributed by atoms with van der Waals surface area (Å²) >= 11 is 11.7. The minimum atomic E-state index is -0.538. The third kappa shape index (κ3) is 6.59. The van der Waals surface area contributed by atoms with Crippen molar-refractivity contribution in [2.45, 2.75) is 13.3 Å². The Kier molecular flexibility index (Phi) is 7.12. The number of benzene rings is 1. The van der Waals surface area contributed by atoms with Crippen LogP contribution in [0.15, 0.2) is 30.4 Å². The SMILES string of the molecule is CC(=O)CC(=O)OC/C=C/COc1ccc(Cl)cc1Cl. The van der Waals surface area contributed by atoms with Gasteiger partial charge < -0.3 is 9.47 Å². The number of rotatable bonds is 7. The molecule has 0 bridgehead atoms. The average Bonchev–Trinajstić information content (AvgIpc) is 2.34. The van der Waals surface area contributed by atoms with Gasteiger partial charge in [0.2, 0.25) is 0 Å². The first-order valence-corrected chi connectivity index (χ1v) is 6.62. The van der Waals surface area contributed by atoms with Crippen molar-refractivity contribution >= 4 is 35.0 Å². The fourth-order valence-electron chi connectivity index (χ4n) is 1.26. The molecule has 1 aromatic carbocycles. The van der Waals surface area contributed by atoms with E-state index in [0.717, 1.165) is 0 Å². The molecule has 0 saturated carbocycles. The van der Waals surface area contributed by atoms with Crippen LogP contribution in [0.4, 0.5) is 0 Å². The van der Waals surface area contributed by atoms with Crippen molar-refractivity contribution in [1.82, 2.24) is 0 Å². The second-order valence-corrected chi connectivity index (χ2v) is 4.76. The molecule has 0 aromatic heterocycles. The molecule has 0 unspecified atom stereocenters. The van der Waals surface area contributed by atoms with Crippen molar-refractivity contribution in [3.63, 3.8) is 0 Å². The van der Waals surface area contributed by atoms with E-state index in [1.54, 1.807) is 30.4 Å². The van der Waals surface area contributed by atoms with Crippen LogP contribution in [0.2, 0.25) is 10.0 Å². The van der Waals surface area contributed by atoms with Gasteiger partial charge in [-0.2, -0.15) is 0 Å². The van der Waals surface area contributed by atoms with Gasteiger partial charge in [-0.15, -0.1) is 0 Å². The number of carbonyl (C=O) groups is 2. The molecular weight excluding hydrogens is 303 g/mol. The second kappa shape index (κ2) is 8.61. The van der Waals surface area contributed by atoms with Gasteiger partial charge in [0.1, 0.15) is 31.2 Å². The molecule has 108 valence electrons. The number of ketones is 1. The van der Waals surface area contributed by atoms with Crippen molar-refractivity contribution in [3.8, 4) is 5.75 Å². The van der Waals surface area contributed by atoms with Gasteiger partial charge >= 0.3 is 5.97 Å². The molecule has 0 aliphatic heterocycles. The summed E-state index contributed by atoms with van der Waals surface area (Å²) in [6.07, 6.45) is 3.11. The maximum absolute atomic E-state index is 11.0. The largest absolute Gasteiger partial charge is 0.488 e. The molecule has 1 rings (SSSR count). The molecule has 0 saturated heterocycles. The Morgan fingerprint density at radius 3 is 2.55 bits per heavy atom. The lowest BCUT2D eigenvalue weighted by Gasteiger charge is -2.05. The van der Waals surface area contributed by atoms with Gasteiger partial charge in [-0.1, -0.05) is 23.2 Å². The lowest BCUT2D eigenvalue weighted by Crippen LogP contribution is -2.08. The van der Waals surface area contributed by atoms with Crippen molar-refractivity contribution < 1.29 is 19.1 Å². The summed E-state index contributed by atoms with van der Waals surface area (Å²) in [6, 6.07) is 4.94. The van der Waals surface area contributed by atoms with Crippen LogP contribution < -0.4 is 4.74 Å². The minimum Gasteiger partial charge on any atom is -0.488 e. The van der Waals surface area contributed by atoms with Crippen molar-refractivity contribution in [1.29, 1.82) is 0 Å². The highest BCUT2D eigenvalue weighted by Gasteiger charge is 2.04. The molecule has 0 radical (unpaired) electrons. The molecular formula is C14H14Cl2O4. The molecule has 20 heavy (non-hydrogen) atoms. The molecule has 6 heteroatoms. The molecule has 0 aliphatic rings. The first kappa shape index (κ1) is 16.5. The highest BCUT2D eigenvalue weighted by atomic mass is 35.5. The zero-order chi connectivity index (χ0) is 15.0. The first-order valence-electron chi connectivity index (χ1n) is 5.87. The minimum absolute atomic E-state index is 0.101. The zero-order valence-corrected chi connectivity index (χ0v) is 12.4. The van der Waals surface area contributed by atoms with Crippen LogP contribution >= 0.6 is 23.2 Å². The van der Waals surface area contributed by atoms with Crippen molar-refractivity contribution in [2.24, 2.45) is 0 Å². The fraction of sp³-hybridized carbons (Fsp3) is 0.286. The van der Waals surface area contributed by atoms with Crippen LogP contribution in [0.1, 0.15) is 13.3 Å². The highest BCUT2D eigenvalue weighted by molar-refractivity contribution is 6.35. The number of halogens is 2. The van der Waals surface area contributed by atoms with E-state index in [0.29, 0.717) is 15.8 Å². The number of hydrogen-bond donors (Lipinski definition) is 0. The number of esters is 1. The molecule has 0 atom stereocenters. The fourth-order valence-corrected chi connectivity index (χ4v) is 1.72. The van der Waals surface area contributed by atoms with E-state index < -0.39 is 5.97 Å². The number of hydrogen-bond acceptors (Lipinski definition) is 4. The van der Waals surface area contributed by atoms with E-state index in [9.17, 15) is 9.59 Å². The van der Waals surface area contributed by atoms with E-state index >= 15 is 0 Å². The Morgan fingerprint density at radius 1 is 1.20 bits per heavy atom. The zero-order valence-electron chi connectivity index (χ0n) is 10.9. The molecule has 0 heterocycles. The average molecular weight is 317 g/mol. The quantitative estimate of drug-likeness (QED) is 0.439. The smallest absolute Gasteiger partial charge is 0.313 e. The van der Waals surface area contributed by atoms with Crippen molar-refractivity contribution in [2.75, 3.05) is 13.2 Å². The molecule has 0 spiro atoms. The second-order valence-electron chi connectivity index (χ2n) is 3.92. The van der Waals surface area contributed by atoms with E-state index in [2.05, 4.69) is 0 Å². The third-order valence-corrected chi connectivity index (χ3v) is 2.66. The summed E-state index contributed by atoms with van der Waals surface area (Å²) < 4.78 is 10.2. The third-order valence-electron chi connectivity index (χ3n) is 2.13.